The van der Waals surface area contributed by atoms with Gasteiger partial charge >= 0.3 is 0 Å². The SMILES string of the molecule is COc1ccc(F)cc1-c1ccnc2[nH]c(C3=CCN(C(=O)CC(=O)N4CCCC4C(N)=O)CC3)cc12. The van der Waals surface area contributed by atoms with Crippen molar-refractivity contribution in [2.24, 2.45) is 5.73 Å². The van der Waals surface area contributed by atoms with Crippen molar-refractivity contribution in [3.63, 3.8) is 0 Å². The predicted molar refractivity (Wildman–Crippen MR) is 136 cm³/mol. The maximum atomic E-state index is 14.0. The van der Waals surface area contributed by atoms with Crippen LogP contribution in [0.3, 0.4) is 0 Å². The molecule has 9 nitrogen and oxygen atoms in total. The summed E-state index contributed by atoms with van der Waals surface area (Å²) in [5.74, 6) is -0.953. The molecule has 0 radical (unpaired) electrons. The van der Waals surface area contributed by atoms with Gasteiger partial charge in [0.2, 0.25) is 17.7 Å². The van der Waals surface area contributed by atoms with Gasteiger partial charge in [-0.05, 0) is 60.7 Å². The molecule has 0 saturated carbocycles. The minimum absolute atomic E-state index is 0.269. The Bertz CT molecular complexity index is 1420. The maximum absolute atomic E-state index is 14.0. The highest BCUT2D eigenvalue weighted by molar-refractivity contribution is 5.99. The summed E-state index contributed by atoms with van der Waals surface area (Å²) in [7, 11) is 1.55. The molecule has 0 bridgehead atoms. The molecular weight excluding hydrogens is 477 g/mol. The number of carbonyl (C=O) groups excluding carboxylic acids is 3. The number of hydrogen-bond acceptors (Lipinski definition) is 5. The number of amides is 3. The third-order valence-electron chi connectivity index (χ3n) is 7.10. The highest BCUT2D eigenvalue weighted by Crippen LogP contribution is 2.36. The van der Waals surface area contributed by atoms with Gasteiger partial charge in [-0.3, -0.25) is 14.4 Å². The van der Waals surface area contributed by atoms with Crippen LogP contribution in [0.15, 0.2) is 42.6 Å². The molecule has 10 heteroatoms. The van der Waals surface area contributed by atoms with E-state index in [1.165, 1.54) is 17.0 Å². The number of pyridine rings is 1. The molecule has 3 amide bonds. The van der Waals surface area contributed by atoms with Gasteiger partial charge in [0.05, 0.1) is 7.11 Å². The number of nitrogens with zero attached hydrogens (tertiary/aromatic N) is 3. The molecule has 3 aromatic rings. The van der Waals surface area contributed by atoms with Crippen LogP contribution in [0.1, 0.15) is 31.4 Å². The summed E-state index contributed by atoms with van der Waals surface area (Å²) in [6, 6.07) is 7.58. The van der Waals surface area contributed by atoms with Gasteiger partial charge in [-0.2, -0.15) is 0 Å². The highest BCUT2D eigenvalue weighted by atomic mass is 19.1. The van der Waals surface area contributed by atoms with Gasteiger partial charge in [-0.15, -0.1) is 0 Å². The summed E-state index contributed by atoms with van der Waals surface area (Å²) in [5.41, 5.74) is 9.39. The summed E-state index contributed by atoms with van der Waals surface area (Å²) in [4.78, 5) is 47.8. The van der Waals surface area contributed by atoms with E-state index in [9.17, 15) is 18.8 Å². The van der Waals surface area contributed by atoms with Crippen molar-refractivity contribution < 1.29 is 23.5 Å². The van der Waals surface area contributed by atoms with E-state index in [4.69, 9.17) is 10.5 Å². The van der Waals surface area contributed by atoms with E-state index in [-0.39, 0.29) is 24.1 Å². The molecule has 0 spiro atoms. The monoisotopic (exact) mass is 505 g/mol. The summed E-state index contributed by atoms with van der Waals surface area (Å²) in [6.07, 6.45) is 5.19. The van der Waals surface area contributed by atoms with E-state index in [0.717, 1.165) is 22.2 Å². The van der Waals surface area contributed by atoms with Gasteiger partial charge in [0.25, 0.3) is 0 Å². The van der Waals surface area contributed by atoms with Crippen molar-refractivity contribution in [1.82, 2.24) is 19.8 Å². The zero-order valence-corrected chi connectivity index (χ0v) is 20.5. The zero-order valence-electron chi connectivity index (χ0n) is 20.5. The molecule has 0 aliphatic carbocycles. The Hall–Kier alpha value is -4.21. The van der Waals surface area contributed by atoms with Crippen LogP contribution in [0.4, 0.5) is 4.39 Å². The Morgan fingerprint density at radius 3 is 2.73 bits per heavy atom. The van der Waals surface area contributed by atoms with E-state index < -0.39 is 11.9 Å². The fourth-order valence-corrected chi connectivity index (χ4v) is 5.17. The van der Waals surface area contributed by atoms with E-state index in [0.29, 0.717) is 55.9 Å². The number of carbonyl (C=O) groups is 3. The number of fused-ring (bicyclic) bond motifs is 1. The van der Waals surface area contributed by atoms with E-state index in [1.54, 1.807) is 24.3 Å². The summed E-state index contributed by atoms with van der Waals surface area (Å²) in [5, 5.41) is 0.834. The molecule has 192 valence electrons. The number of aromatic nitrogens is 2. The Morgan fingerprint density at radius 1 is 1.16 bits per heavy atom. The van der Waals surface area contributed by atoms with E-state index in [2.05, 4.69) is 9.97 Å². The molecule has 3 N–H and O–H groups in total. The van der Waals surface area contributed by atoms with Crippen LogP contribution in [0, 0.1) is 5.82 Å². The number of benzene rings is 1. The van der Waals surface area contributed by atoms with Crippen LogP contribution < -0.4 is 10.5 Å². The fourth-order valence-electron chi connectivity index (χ4n) is 5.17. The van der Waals surface area contributed by atoms with Crippen molar-refractivity contribution in [3.8, 4) is 16.9 Å². The number of halogens is 1. The minimum atomic E-state index is -0.624. The van der Waals surface area contributed by atoms with Crippen LogP contribution in [0.25, 0.3) is 27.7 Å². The number of methoxy groups -OCH3 is 1. The molecule has 2 aliphatic rings. The number of hydrogen-bond donors (Lipinski definition) is 2. The number of rotatable bonds is 6. The van der Waals surface area contributed by atoms with Crippen molar-refractivity contribution >= 4 is 34.3 Å². The largest absolute Gasteiger partial charge is 0.496 e. The number of nitrogens with two attached hydrogens (primary N) is 1. The Labute approximate surface area is 213 Å². The standard InChI is InChI=1S/C27H28FN5O4/c1-37-23-5-4-17(28)13-19(23)18-6-9-30-27-20(18)14-21(31-27)16-7-11-32(12-8-16)24(34)15-25(35)33-10-2-3-22(33)26(29)36/h4-7,9,13-14,22H,2-3,8,10-12,15H2,1H3,(H2,29,36)(H,30,31). The van der Waals surface area contributed by atoms with Gasteiger partial charge < -0.3 is 25.3 Å². The maximum Gasteiger partial charge on any atom is 0.240 e. The predicted octanol–water partition coefficient (Wildman–Crippen LogP) is 2.86. The van der Waals surface area contributed by atoms with Crippen molar-refractivity contribution in [1.29, 1.82) is 0 Å². The first kappa shape index (κ1) is 24.5. The van der Waals surface area contributed by atoms with Crippen LogP contribution in [-0.2, 0) is 14.4 Å². The molecule has 2 aromatic heterocycles. The Balaban J connectivity index is 1.32. The topological polar surface area (TPSA) is 122 Å². The van der Waals surface area contributed by atoms with Crippen molar-refractivity contribution in [2.45, 2.75) is 31.7 Å². The number of ether oxygens (including phenoxy) is 1. The number of likely N-dealkylation sites (tertiary alicyclic amines) is 1. The van der Waals surface area contributed by atoms with Crippen LogP contribution in [-0.4, -0.2) is 70.3 Å². The van der Waals surface area contributed by atoms with Crippen molar-refractivity contribution in [2.75, 3.05) is 26.7 Å². The quantitative estimate of drug-likeness (QED) is 0.499. The summed E-state index contributed by atoms with van der Waals surface area (Å²) < 4.78 is 19.5. The molecular formula is C27H28FN5O4. The Kier molecular flexibility index (Phi) is 6.64. The number of H-pyrrole nitrogens is 1. The second-order valence-corrected chi connectivity index (χ2v) is 9.29. The molecule has 4 heterocycles. The summed E-state index contributed by atoms with van der Waals surface area (Å²) in [6.45, 7) is 1.28. The third kappa shape index (κ3) is 4.78. The smallest absolute Gasteiger partial charge is 0.240 e. The van der Waals surface area contributed by atoms with Gasteiger partial charge in [-0.1, -0.05) is 6.08 Å². The van der Waals surface area contributed by atoms with Crippen LogP contribution in [0.5, 0.6) is 5.75 Å². The molecule has 1 saturated heterocycles. The van der Waals surface area contributed by atoms with E-state index >= 15 is 0 Å². The first-order chi connectivity index (χ1) is 17.9. The van der Waals surface area contributed by atoms with E-state index in [1.807, 2.05) is 18.2 Å². The van der Waals surface area contributed by atoms with Gasteiger partial charge in [0.1, 0.15) is 29.7 Å². The summed E-state index contributed by atoms with van der Waals surface area (Å²) >= 11 is 0. The average molecular weight is 506 g/mol. The molecule has 1 fully saturated rings. The van der Waals surface area contributed by atoms with Crippen molar-refractivity contribution in [3.05, 3.63) is 54.1 Å². The fraction of sp³-hybridized carbons (Fsp3) is 0.333. The normalized spacial score (nSPS) is 17.7. The zero-order chi connectivity index (χ0) is 26.1. The molecule has 1 atom stereocenters. The van der Waals surface area contributed by atoms with Gasteiger partial charge in [-0.25, -0.2) is 9.37 Å². The third-order valence-corrected chi connectivity index (χ3v) is 7.10. The first-order valence-electron chi connectivity index (χ1n) is 12.2. The second-order valence-electron chi connectivity index (χ2n) is 9.29. The van der Waals surface area contributed by atoms with Crippen LogP contribution in [0.2, 0.25) is 0 Å². The molecule has 1 unspecified atom stereocenters. The Morgan fingerprint density at radius 2 is 2.00 bits per heavy atom. The molecule has 2 aliphatic heterocycles. The van der Waals surface area contributed by atoms with Crippen LogP contribution >= 0.6 is 0 Å². The minimum Gasteiger partial charge on any atom is -0.496 e. The van der Waals surface area contributed by atoms with Gasteiger partial charge in [0, 0.05) is 42.5 Å². The highest BCUT2D eigenvalue weighted by Gasteiger charge is 2.34. The van der Waals surface area contributed by atoms with Gasteiger partial charge in [0.15, 0.2) is 0 Å². The lowest BCUT2D eigenvalue weighted by molar-refractivity contribution is -0.143. The number of nitrogens with one attached hydrogen (secondary N) is 1. The number of primary amides is 1. The number of aromatic amines is 1. The average Bonchev–Trinajstić information content (AvgIpc) is 3.56. The molecule has 1 aromatic carbocycles. The lowest BCUT2D eigenvalue weighted by Crippen LogP contribution is -2.46. The lowest BCUT2D eigenvalue weighted by atomic mass is 10.0. The lowest BCUT2D eigenvalue weighted by Gasteiger charge is -2.28. The molecule has 5 rings (SSSR count). The second kappa shape index (κ2) is 10.0. The molecule has 37 heavy (non-hydrogen) atoms. The first-order valence-corrected chi connectivity index (χ1v) is 12.2.